The third-order valence-electron chi connectivity index (χ3n) is 9.71. The minimum atomic E-state index is -6.28. The lowest BCUT2D eigenvalue weighted by Gasteiger charge is -2.31. The molecule has 1 N–H and O–H groups in total. The summed E-state index contributed by atoms with van der Waals surface area (Å²) in [5.74, 6) is -0.898. The van der Waals surface area contributed by atoms with E-state index in [-0.39, 0.29) is 6.61 Å². The maximum atomic E-state index is 14.0. The Morgan fingerprint density at radius 1 is 0.814 bits per heavy atom. The van der Waals surface area contributed by atoms with Gasteiger partial charge in [-0.05, 0) is 91.2 Å². The van der Waals surface area contributed by atoms with Crippen LogP contribution in [0.25, 0.3) is 0 Å². The molecule has 43 heavy (non-hydrogen) atoms. The second-order valence-corrected chi connectivity index (χ2v) is 15.5. The van der Waals surface area contributed by atoms with Crippen molar-refractivity contribution in [3.05, 3.63) is 90.0 Å². The predicted octanol–water partition coefficient (Wildman–Crippen LogP) is 8.34. The first-order chi connectivity index (χ1) is 20.5. The van der Waals surface area contributed by atoms with Crippen LogP contribution in [0.1, 0.15) is 55.6 Å². The van der Waals surface area contributed by atoms with Crippen LogP contribution in [0, 0.1) is 23.7 Å². The highest BCUT2D eigenvalue weighted by Gasteiger charge is 2.65. The quantitative estimate of drug-likeness (QED) is 0.0996. The lowest BCUT2D eigenvalue weighted by Crippen LogP contribution is -2.47. The number of benzene rings is 3. The molecular weight excluding hydrogens is 600 g/mol. The highest BCUT2D eigenvalue weighted by atomic mass is 32.2. The van der Waals surface area contributed by atoms with Crippen LogP contribution >= 0.6 is 0 Å². The molecular formula is C33H35F4O4S2+. The highest BCUT2D eigenvalue weighted by molar-refractivity contribution is 7.97. The van der Waals surface area contributed by atoms with Crippen LogP contribution in [0.15, 0.2) is 93.5 Å². The number of hydrogen-bond donors (Lipinski definition) is 1. The van der Waals surface area contributed by atoms with E-state index >= 15 is 0 Å². The van der Waals surface area contributed by atoms with Crippen molar-refractivity contribution in [1.29, 1.82) is 0 Å². The minimum Gasteiger partial charge on any atom is -0.376 e. The SMILES string of the molecule is O=S(=O)(O)C(F)(F)C(F)(F)CCOCc1ccccc1[S+](c1ccccc1)c1ccc(C2CC3CC2C2CCCC32)cc1. The van der Waals surface area contributed by atoms with Gasteiger partial charge in [0.05, 0.1) is 24.1 Å². The fraction of sp³-hybridized carbons (Fsp3) is 0.455. The van der Waals surface area contributed by atoms with Crippen LogP contribution in [0.2, 0.25) is 0 Å². The fourth-order valence-corrected chi connectivity index (χ4v) is 10.5. The first-order valence-corrected chi connectivity index (χ1v) is 17.4. The Labute approximate surface area is 252 Å². The van der Waals surface area contributed by atoms with Gasteiger partial charge in [-0.3, -0.25) is 4.55 Å². The van der Waals surface area contributed by atoms with Crippen molar-refractivity contribution in [2.75, 3.05) is 6.61 Å². The van der Waals surface area contributed by atoms with Gasteiger partial charge in [-0.2, -0.15) is 26.0 Å². The number of fused-ring (bicyclic) bond motifs is 5. The van der Waals surface area contributed by atoms with Crippen LogP contribution in [-0.2, 0) is 32.4 Å². The monoisotopic (exact) mass is 635 g/mol. The molecule has 0 spiro atoms. The molecule has 0 radical (unpaired) electrons. The van der Waals surface area contributed by atoms with Crippen LogP contribution in [0.4, 0.5) is 17.6 Å². The zero-order chi connectivity index (χ0) is 30.4. The Bertz CT molecular complexity index is 1530. The molecule has 10 heteroatoms. The van der Waals surface area contributed by atoms with Crippen LogP contribution in [0.3, 0.4) is 0 Å². The lowest BCUT2D eigenvalue weighted by atomic mass is 9.73. The Morgan fingerprint density at radius 3 is 2.19 bits per heavy atom. The molecule has 3 aromatic carbocycles. The van der Waals surface area contributed by atoms with Crippen molar-refractivity contribution >= 4 is 21.0 Å². The Kier molecular flexibility index (Phi) is 8.43. The minimum absolute atomic E-state index is 0.133. The van der Waals surface area contributed by atoms with Crippen molar-refractivity contribution in [1.82, 2.24) is 0 Å². The largest absolute Gasteiger partial charge is 0.431 e. The number of halogens is 4. The van der Waals surface area contributed by atoms with Crippen molar-refractivity contribution < 1.29 is 35.3 Å². The van der Waals surface area contributed by atoms with E-state index < -0.39 is 45.2 Å². The zero-order valence-corrected chi connectivity index (χ0v) is 25.2. The van der Waals surface area contributed by atoms with Gasteiger partial charge in [-0.15, -0.1) is 0 Å². The molecule has 230 valence electrons. The van der Waals surface area contributed by atoms with Gasteiger partial charge in [0, 0.05) is 12.0 Å². The standard InChI is InChI=1S/C33H34F4O4S2/c34-32(35,33(36,37)43(38,39)40)17-18-41-21-23-7-4-5-12-31(23)42(25-8-2-1-3-9-25)26-15-13-22(14-16-26)29-19-24-20-30(29)28-11-6-10-27(24)28/h1-5,7-9,12-16,24,27-30H,6,10-11,17-21H2/p+1. The number of rotatable bonds is 11. The third kappa shape index (κ3) is 5.76. The highest BCUT2D eigenvalue weighted by Crippen LogP contribution is 2.63. The van der Waals surface area contributed by atoms with E-state index in [1.165, 1.54) is 37.7 Å². The van der Waals surface area contributed by atoms with E-state index in [1.54, 1.807) is 6.07 Å². The summed E-state index contributed by atoms with van der Waals surface area (Å²) in [5, 5.41) is -5.61. The molecule has 0 saturated heterocycles. The average Bonchev–Trinajstić information content (AvgIpc) is 3.71. The molecule has 6 atom stereocenters. The van der Waals surface area contributed by atoms with Gasteiger partial charge < -0.3 is 4.74 Å². The second kappa shape index (κ2) is 11.8. The third-order valence-corrected chi connectivity index (χ3v) is 13.0. The van der Waals surface area contributed by atoms with Crippen molar-refractivity contribution in [2.24, 2.45) is 23.7 Å². The van der Waals surface area contributed by atoms with Crippen LogP contribution < -0.4 is 0 Å². The van der Waals surface area contributed by atoms with Gasteiger partial charge >= 0.3 is 21.3 Å². The predicted molar refractivity (Wildman–Crippen MR) is 157 cm³/mol. The normalized spacial score (nSPS) is 26.0. The molecule has 6 rings (SSSR count). The molecule has 4 nitrogen and oxygen atoms in total. The Hall–Kier alpha value is -2.40. The molecule has 3 fully saturated rings. The number of hydrogen-bond acceptors (Lipinski definition) is 3. The van der Waals surface area contributed by atoms with E-state index in [0.717, 1.165) is 38.4 Å². The molecule has 0 aliphatic heterocycles. The molecule has 3 aliphatic carbocycles. The first kappa shape index (κ1) is 30.6. The molecule has 3 saturated carbocycles. The van der Waals surface area contributed by atoms with Crippen LogP contribution in [-0.4, -0.2) is 30.8 Å². The van der Waals surface area contributed by atoms with Gasteiger partial charge in [0.15, 0.2) is 14.7 Å². The smallest absolute Gasteiger partial charge is 0.376 e. The van der Waals surface area contributed by atoms with Crippen LogP contribution in [0.5, 0.6) is 0 Å². The summed E-state index contributed by atoms with van der Waals surface area (Å²) in [6.45, 7) is -0.961. The molecule has 3 aliphatic rings. The molecule has 0 aromatic heterocycles. The average molecular weight is 636 g/mol. The summed E-state index contributed by atoms with van der Waals surface area (Å²) in [5.41, 5.74) is 2.11. The Balaban J connectivity index is 1.21. The number of alkyl halides is 4. The summed E-state index contributed by atoms with van der Waals surface area (Å²) < 4.78 is 90.7. The van der Waals surface area contributed by atoms with Gasteiger partial charge in [0.1, 0.15) is 0 Å². The van der Waals surface area contributed by atoms with E-state index in [0.29, 0.717) is 11.5 Å². The van der Waals surface area contributed by atoms with E-state index in [4.69, 9.17) is 9.29 Å². The zero-order valence-electron chi connectivity index (χ0n) is 23.5. The van der Waals surface area contributed by atoms with Gasteiger partial charge in [0.2, 0.25) is 0 Å². The molecule has 0 heterocycles. The lowest BCUT2D eigenvalue weighted by molar-refractivity contribution is -0.171. The van der Waals surface area contributed by atoms with Gasteiger partial charge in [-0.25, -0.2) is 0 Å². The fourth-order valence-electron chi connectivity index (χ4n) is 7.79. The summed E-state index contributed by atoms with van der Waals surface area (Å²) >= 11 is 0. The summed E-state index contributed by atoms with van der Waals surface area (Å²) in [6, 6.07) is 26.3. The molecule has 3 aromatic rings. The van der Waals surface area contributed by atoms with Gasteiger partial charge in [0.25, 0.3) is 0 Å². The number of ether oxygens (including phenoxy) is 1. The molecule has 6 unspecified atom stereocenters. The molecule has 2 bridgehead atoms. The summed E-state index contributed by atoms with van der Waals surface area (Å²) in [7, 11) is -6.83. The summed E-state index contributed by atoms with van der Waals surface area (Å²) in [4.78, 5) is 3.09. The van der Waals surface area contributed by atoms with Crippen molar-refractivity contribution in [3.63, 3.8) is 0 Å². The maximum absolute atomic E-state index is 14.0. The topological polar surface area (TPSA) is 63.6 Å². The van der Waals surface area contributed by atoms with E-state index in [1.807, 2.05) is 48.5 Å². The van der Waals surface area contributed by atoms with Crippen molar-refractivity contribution in [2.45, 2.75) is 76.9 Å². The van der Waals surface area contributed by atoms with Gasteiger partial charge in [-0.1, -0.05) is 55.0 Å². The Morgan fingerprint density at radius 2 is 1.47 bits per heavy atom. The van der Waals surface area contributed by atoms with Crippen molar-refractivity contribution in [3.8, 4) is 0 Å². The second-order valence-electron chi connectivity index (χ2n) is 12.1. The molecule has 0 amide bonds. The van der Waals surface area contributed by atoms with E-state index in [2.05, 4.69) is 24.3 Å². The summed E-state index contributed by atoms with van der Waals surface area (Å²) in [6.07, 6.45) is 5.22. The van der Waals surface area contributed by atoms with E-state index in [9.17, 15) is 26.0 Å². The maximum Gasteiger partial charge on any atom is 0.431 e. The first-order valence-electron chi connectivity index (χ1n) is 14.8.